The van der Waals surface area contributed by atoms with Gasteiger partial charge in [-0.1, -0.05) is 0 Å². The van der Waals surface area contributed by atoms with Gasteiger partial charge in [0.05, 0.1) is 12.0 Å². The van der Waals surface area contributed by atoms with Gasteiger partial charge in [0.15, 0.2) is 0 Å². The number of rotatable bonds is 5. The number of hydrogen-bond donors (Lipinski definition) is 2. The zero-order valence-corrected chi connectivity index (χ0v) is 9.19. The number of carboxylic acid groups (broad SMARTS) is 1. The summed E-state index contributed by atoms with van der Waals surface area (Å²) in [5.74, 6) is -1.05. The molecule has 3 N–H and O–H groups in total. The normalized spacial score (nSPS) is 16.2. The van der Waals surface area contributed by atoms with Crippen LogP contribution in [0, 0.1) is 0 Å². The zero-order chi connectivity index (χ0) is 11.6. The molecular formula is C10H18N2O3. The van der Waals surface area contributed by atoms with E-state index in [0.717, 1.165) is 12.8 Å². The topological polar surface area (TPSA) is 83.6 Å². The van der Waals surface area contributed by atoms with Gasteiger partial charge in [-0.3, -0.25) is 9.59 Å². The van der Waals surface area contributed by atoms with Gasteiger partial charge in [0.1, 0.15) is 0 Å². The van der Waals surface area contributed by atoms with E-state index in [0.29, 0.717) is 0 Å². The van der Waals surface area contributed by atoms with E-state index in [1.165, 1.54) is 0 Å². The SMILES string of the molecule is CC(C)(N)C(=O)N(CCC(=O)O)C1CC1. The molecule has 0 aromatic rings. The van der Waals surface area contributed by atoms with Gasteiger partial charge in [-0.25, -0.2) is 0 Å². The Balaban J connectivity index is 2.57. The van der Waals surface area contributed by atoms with E-state index in [2.05, 4.69) is 0 Å². The molecule has 0 aliphatic heterocycles. The van der Waals surface area contributed by atoms with Crippen molar-refractivity contribution in [3.8, 4) is 0 Å². The van der Waals surface area contributed by atoms with Crippen LogP contribution >= 0.6 is 0 Å². The van der Waals surface area contributed by atoms with E-state index >= 15 is 0 Å². The van der Waals surface area contributed by atoms with Crippen molar-refractivity contribution in [3.05, 3.63) is 0 Å². The van der Waals surface area contributed by atoms with Gasteiger partial charge in [0.2, 0.25) is 5.91 Å². The van der Waals surface area contributed by atoms with E-state index < -0.39 is 11.5 Å². The average Bonchev–Trinajstić information content (AvgIpc) is 2.85. The van der Waals surface area contributed by atoms with Crippen LogP contribution in [0.25, 0.3) is 0 Å². The van der Waals surface area contributed by atoms with Crippen molar-refractivity contribution >= 4 is 11.9 Å². The van der Waals surface area contributed by atoms with Crippen LogP contribution in [0.1, 0.15) is 33.1 Å². The number of aliphatic carboxylic acids is 1. The molecule has 5 nitrogen and oxygen atoms in total. The van der Waals surface area contributed by atoms with Crippen LogP contribution in [0.4, 0.5) is 0 Å². The Bertz CT molecular complexity index is 266. The molecule has 1 saturated carbocycles. The van der Waals surface area contributed by atoms with Gasteiger partial charge >= 0.3 is 5.97 Å². The quantitative estimate of drug-likeness (QED) is 0.684. The summed E-state index contributed by atoms with van der Waals surface area (Å²) in [5.41, 5.74) is 4.80. The molecule has 0 atom stereocenters. The van der Waals surface area contributed by atoms with Crippen LogP contribution in [0.15, 0.2) is 0 Å². The van der Waals surface area contributed by atoms with Crippen molar-refractivity contribution in [2.45, 2.75) is 44.7 Å². The Labute approximate surface area is 89.2 Å². The first-order valence-electron chi connectivity index (χ1n) is 5.14. The van der Waals surface area contributed by atoms with Crippen molar-refractivity contribution in [3.63, 3.8) is 0 Å². The highest BCUT2D eigenvalue weighted by atomic mass is 16.4. The van der Waals surface area contributed by atoms with Crippen molar-refractivity contribution in [2.24, 2.45) is 5.73 Å². The number of carbonyl (C=O) groups excluding carboxylic acids is 1. The summed E-state index contributed by atoms with van der Waals surface area (Å²) in [6.45, 7) is 3.55. The summed E-state index contributed by atoms with van der Waals surface area (Å²) >= 11 is 0. The minimum atomic E-state index is -0.916. The first-order chi connectivity index (χ1) is 6.82. The highest BCUT2D eigenvalue weighted by molar-refractivity contribution is 5.86. The summed E-state index contributed by atoms with van der Waals surface area (Å²) in [4.78, 5) is 23.9. The second-order valence-electron chi connectivity index (χ2n) is 4.60. The molecule has 5 heteroatoms. The maximum absolute atomic E-state index is 11.9. The second kappa shape index (κ2) is 4.18. The Hall–Kier alpha value is -1.10. The molecule has 0 radical (unpaired) electrons. The van der Waals surface area contributed by atoms with Gasteiger partial charge in [-0.2, -0.15) is 0 Å². The molecule has 0 bridgehead atoms. The number of carbonyl (C=O) groups is 2. The summed E-state index contributed by atoms with van der Waals surface area (Å²) in [6.07, 6.45) is 1.90. The molecular weight excluding hydrogens is 196 g/mol. The number of nitrogens with zero attached hydrogens (tertiary/aromatic N) is 1. The standard InChI is InChI=1S/C10H18N2O3/c1-10(2,11)9(15)12(7-3-4-7)6-5-8(13)14/h7H,3-6,11H2,1-2H3,(H,13,14). The monoisotopic (exact) mass is 214 g/mol. The van der Waals surface area contributed by atoms with Gasteiger partial charge < -0.3 is 15.7 Å². The number of hydrogen-bond acceptors (Lipinski definition) is 3. The third-order valence-corrected chi connectivity index (χ3v) is 2.37. The van der Waals surface area contributed by atoms with Crippen molar-refractivity contribution in [1.82, 2.24) is 4.90 Å². The predicted octanol–water partition coefficient (Wildman–Crippen LogP) is 0.189. The summed E-state index contributed by atoms with van der Waals surface area (Å²) in [7, 11) is 0. The lowest BCUT2D eigenvalue weighted by Gasteiger charge is -2.29. The lowest BCUT2D eigenvalue weighted by atomic mass is 10.1. The minimum absolute atomic E-state index is 0.0156. The van der Waals surface area contributed by atoms with E-state index in [-0.39, 0.29) is 24.9 Å². The van der Waals surface area contributed by atoms with E-state index in [9.17, 15) is 9.59 Å². The Morgan fingerprint density at radius 1 is 1.47 bits per heavy atom. The lowest BCUT2D eigenvalue weighted by molar-refractivity contribution is -0.140. The number of amides is 1. The summed E-state index contributed by atoms with van der Waals surface area (Å²) in [6, 6.07) is 0.208. The smallest absolute Gasteiger partial charge is 0.305 e. The molecule has 1 fully saturated rings. The van der Waals surface area contributed by atoms with Crippen LogP contribution in [0.5, 0.6) is 0 Å². The maximum Gasteiger partial charge on any atom is 0.305 e. The molecule has 0 aromatic carbocycles. The highest BCUT2D eigenvalue weighted by Gasteiger charge is 2.37. The van der Waals surface area contributed by atoms with Crippen LogP contribution < -0.4 is 5.73 Å². The first-order valence-corrected chi connectivity index (χ1v) is 5.14. The third-order valence-electron chi connectivity index (χ3n) is 2.37. The second-order valence-corrected chi connectivity index (χ2v) is 4.60. The molecule has 1 aliphatic rings. The van der Waals surface area contributed by atoms with E-state index in [1.807, 2.05) is 0 Å². The van der Waals surface area contributed by atoms with Crippen LogP contribution in [-0.4, -0.2) is 40.0 Å². The summed E-state index contributed by atoms with van der Waals surface area (Å²) in [5, 5.41) is 8.58. The lowest BCUT2D eigenvalue weighted by Crippen LogP contribution is -2.52. The fourth-order valence-corrected chi connectivity index (χ4v) is 1.42. The Morgan fingerprint density at radius 3 is 2.33 bits per heavy atom. The van der Waals surface area contributed by atoms with Crippen molar-refractivity contribution in [1.29, 1.82) is 0 Å². The zero-order valence-electron chi connectivity index (χ0n) is 9.19. The molecule has 86 valence electrons. The predicted molar refractivity (Wildman–Crippen MR) is 55.3 cm³/mol. The minimum Gasteiger partial charge on any atom is -0.481 e. The van der Waals surface area contributed by atoms with Crippen molar-refractivity contribution < 1.29 is 14.7 Å². The van der Waals surface area contributed by atoms with Gasteiger partial charge in [-0.05, 0) is 26.7 Å². The van der Waals surface area contributed by atoms with Gasteiger partial charge in [0, 0.05) is 12.6 Å². The van der Waals surface area contributed by atoms with Gasteiger partial charge in [0.25, 0.3) is 0 Å². The number of nitrogens with two attached hydrogens (primary N) is 1. The largest absolute Gasteiger partial charge is 0.481 e. The van der Waals surface area contributed by atoms with Crippen LogP contribution in [0.3, 0.4) is 0 Å². The Kier molecular flexibility index (Phi) is 3.34. The molecule has 0 saturated heterocycles. The van der Waals surface area contributed by atoms with E-state index in [4.69, 9.17) is 10.8 Å². The van der Waals surface area contributed by atoms with Crippen molar-refractivity contribution in [2.75, 3.05) is 6.54 Å². The molecule has 0 aromatic heterocycles. The van der Waals surface area contributed by atoms with E-state index in [1.54, 1.807) is 18.7 Å². The maximum atomic E-state index is 11.9. The molecule has 0 spiro atoms. The fraction of sp³-hybridized carbons (Fsp3) is 0.800. The average molecular weight is 214 g/mol. The summed E-state index contributed by atoms with van der Waals surface area (Å²) < 4.78 is 0. The molecule has 1 amide bonds. The highest BCUT2D eigenvalue weighted by Crippen LogP contribution is 2.28. The fourth-order valence-electron chi connectivity index (χ4n) is 1.42. The van der Waals surface area contributed by atoms with Crippen LogP contribution in [0.2, 0.25) is 0 Å². The van der Waals surface area contributed by atoms with Gasteiger partial charge in [-0.15, -0.1) is 0 Å². The molecule has 0 unspecified atom stereocenters. The van der Waals surface area contributed by atoms with Crippen LogP contribution in [-0.2, 0) is 9.59 Å². The first kappa shape index (κ1) is 12.0. The third kappa shape index (κ3) is 3.51. The number of carboxylic acids is 1. The Morgan fingerprint density at radius 2 is 2.00 bits per heavy atom. The molecule has 0 heterocycles. The molecule has 1 rings (SSSR count). The molecule has 15 heavy (non-hydrogen) atoms. The molecule has 1 aliphatic carbocycles.